The summed E-state index contributed by atoms with van der Waals surface area (Å²) in [4.78, 5) is 0. The molecule has 0 heterocycles. The van der Waals surface area contributed by atoms with Crippen LogP contribution in [-0.4, -0.2) is 18.3 Å². The highest BCUT2D eigenvalue weighted by Gasteiger charge is 2.30. The highest BCUT2D eigenvalue weighted by molar-refractivity contribution is 5.80. The molecule has 0 unspecified atom stereocenters. The first kappa shape index (κ1) is 17.8. The molecule has 1 N–H and O–H groups in total. The van der Waals surface area contributed by atoms with Crippen molar-refractivity contribution in [3.8, 4) is 16.9 Å². The Morgan fingerprint density at radius 3 is 2.00 bits per heavy atom. The normalized spacial score (nSPS) is 13.3. The summed E-state index contributed by atoms with van der Waals surface area (Å²) in [5, 5.41) is 9.14. The van der Waals surface area contributed by atoms with Gasteiger partial charge in [0.05, 0.1) is 6.61 Å². The second-order valence-corrected chi connectivity index (χ2v) is 8.19. The van der Waals surface area contributed by atoms with Crippen LogP contribution >= 0.6 is 0 Å². The maximum absolute atomic E-state index is 9.14. The molecule has 0 bridgehead atoms. The minimum Gasteiger partial charge on any atom is -0.491 e. The molecule has 2 heteroatoms. The van der Waals surface area contributed by atoms with Crippen molar-refractivity contribution in [2.24, 2.45) is 0 Å². The van der Waals surface area contributed by atoms with Gasteiger partial charge in [-0.3, -0.25) is 0 Å². The quantitative estimate of drug-likeness (QED) is 0.521. The van der Waals surface area contributed by atoms with Gasteiger partial charge in [0.15, 0.2) is 0 Å². The van der Waals surface area contributed by atoms with Gasteiger partial charge in [-0.2, -0.15) is 0 Å². The Balaban J connectivity index is 1.86. The zero-order chi connectivity index (χ0) is 19.0. The molecule has 0 saturated carbocycles. The Labute approximate surface area is 161 Å². The van der Waals surface area contributed by atoms with Crippen LogP contribution in [0.15, 0.2) is 66.7 Å². The van der Waals surface area contributed by atoms with Gasteiger partial charge < -0.3 is 9.84 Å². The number of hydrogen-bond donors (Lipinski definition) is 1. The Hall–Kier alpha value is -2.58. The van der Waals surface area contributed by atoms with Gasteiger partial charge in [-0.1, -0.05) is 81.4 Å². The zero-order valence-electron chi connectivity index (χ0n) is 16.2. The third-order valence-corrected chi connectivity index (χ3v) is 5.33. The van der Waals surface area contributed by atoms with E-state index in [1.165, 1.54) is 33.4 Å². The van der Waals surface area contributed by atoms with E-state index in [-0.39, 0.29) is 17.9 Å². The number of aliphatic hydroxyl groups excluding tert-OH is 1. The van der Waals surface area contributed by atoms with E-state index in [0.29, 0.717) is 6.61 Å². The lowest BCUT2D eigenvalue weighted by Gasteiger charge is -2.25. The molecule has 0 spiro atoms. The van der Waals surface area contributed by atoms with Crippen molar-refractivity contribution in [3.63, 3.8) is 0 Å². The number of ether oxygens (including phenoxy) is 1. The highest BCUT2D eigenvalue weighted by atomic mass is 16.5. The lowest BCUT2D eigenvalue weighted by Crippen LogP contribution is -2.15. The Kier molecular flexibility index (Phi) is 4.53. The molecule has 1 aliphatic carbocycles. The first-order chi connectivity index (χ1) is 13.0. The fraction of sp³-hybridized carbons (Fsp3) is 0.280. The molecule has 0 atom stereocenters. The summed E-state index contributed by atoms with van der Waals surface area (Å²) >= 11 is 0. The van der Waals surface area contributed by atoms with E-state index in [2.05, 4.69) is 87.5 Å². The molecule has 0 aliphatic heterocycles. The molecule has 138 valence electrons. The minimum atomic E-state index is -0.0432. The molecule has 1 aliphatic rings. The summed E-state index contributed by atoms with van der Waals surface area (Å²) < 4.78 is 5.82. The first-order valence-electron chi connectivity index (χ1n) is 9.57. The minimum absolute atomic E-state index is 0.0225. The number of benzene rings is 3. The van der Waals surface area contributed by atoms with Crippen LogP contribution < -0.4 is 4.74 Å². The third-order valence-electron chi connectivity index (χ3n) is 5.33. The van der Waals surface area contributed by atoms with E-state index < -0.39 is 0 Å². The van der Waals surface area contributed by atoms with Gasteiger partial charge >= 0.3 is 0 Å². The summed E-state index contributed by atoms with van der Waals surface area (Å²) in [5.41, 5.74) is 7.81. The van der Waals surface area contributed by atoms with E-state index >= 15 is 0 Å². The van der Waals surface area contributed by atoms with Crippen LogP contribution in [0.1, 0.15) is 48.9 Å². The predicted octanol–water partition coefficient (Wildman–Crippen LogP) is 5.52. The molecule has 0 radical (unpaired) electrons. The predicted molar refractivity (Wildman–Crippen MR) is 111 cm³/mol. The van der Waals surface area contributed by atoms with Gasteiger partial charge in [-0.25, -0.2) is 0 Å². The summed E-state index contributed by atoms with van der Waals surface area (Å²) in [7, 11) is 0. The number of aliphatic hydroxyl groups is 1. The molecule has 0 saturated heterocycles. The molecule has 27 heavy (non-hydrogen) atoms. The summed E-state index contributed by atoms with van der Waals surface area (Å²) in [5.74, 6) is 1.10. The zero-order valence-corrected chi connectivity index (χ0v) is 16.2. The maximum atomic E-state index is 9.14. The van der Waals surface area contributed by atoms with Crippen LogP contribution in [-0.2, 0) is 5.41 Å². The van der Waals surface area contributed by atoms with E-state index in [1.54, 1.807) is 0 Å². The maximum Gasteiger partial charge on any atom is 0.123 e. The van der Waals surface area contributed by atoms with Crippen molar-refractivity contribution in [1.82, 2.24) is 0 Å². The monoisotopic (exact) mass is 358 g/mol. The summed E-state index contributed by atoms with van der Waals surface area (Å²) in [6.45, 7) is 6.95. The molecular formula is C25H26O2. The topological polar surface area (TPSA) is 29.5 Å². The van der Waals surface area contributed by atoms with E-state index in [0.717, 1.165) is 5.75 Å². The Morgan fingerprint density at radius 1 is 0.852 bits per heavy atom. The smallest absolute Gasteiger partial charge is 0.123 e. The van der Waals surface area contributed by atoms with E-state index in [9.17, 15) is 0 Å². The SMILES string of the molecule is CC(C)(C)c1cc(C2c3ccccc3-c3ccccc32)ccc1OCCO. The molecular weight excluding hydrogens is 332 g/mol. The number of fused-ring (bicyclic) bond motifs is 3. The lowest BCUT2D eigenvalue weighted by molar-refractivity contribution is 0.199. The number of hydrogen-bond acceptors (Lipinski definition) is 2. The van der Waals surface area contributed by atoms with Crippen LogP contribution in [0.3, 0.4) is 0 Å². The van der Waals surface area contributed by atoms with Crippen LogP contribution in [0.2, 0.25) is 0 Å². The van der Waals surface area contributed by atoms with Crippen molar-refractivity contribution >= 4 is 0 Å². The third kappa shape index (κ3) is 3.15. The van der Waals surface area contributed by atoms with Gasteiger partial charge in [0.2, 0.25) is 0 Å². The van der Waals surface area contributed by atoms with Crippen LogP contribution in [0, 0.1) is 0 Å². The van der Waals surface area contributed by atoms with Gasteiger partial charge in [0, 0.05) is 5.92 Å². The Morgan fingerprint density at radius 2 is 1.44 bits per heavy atom. The van der Waals surface area contributed by atoms with Gasteiger partial charge in [0.1, 0.15) is 12.4 Å². The average Bonchev–Trinajstić information content (AvgIpc) is 3.00. The molecule has 0 amide bonds. The molecule has 0 aromatic heterocycles. The largest absolute Gasteiger partial charge is 0.491 e. The standard InChI is InChI=1S/C25H26O2/c1-25(2,3)22-16-17(12-13-23(22)27-15-14-26)24-20-10-6-4-8-18(20)19-9-5-7-11-21(19)24/h4-13,16,24,26H,14-15H2,1-3H3. The average molecular weight is 358 g/mol. The lowest BCUT2D eigenvalue weighted by atomic mass is 9.82. The molecule has 3 aromatic carbocycles. The van der Waals surface area contributed by atoms with Gasteiger partial charge in [-0.15, -0.1) is 0 Å². The van der Waals surface area contributed by atoms with Crippen LogP contribution in [0.25, 0.3) is 11.1 Å². The molecule has 4 rings (SSSR count). The molecule has 3 aromatic rings. The van der Waals surface area contributed by atoms with Crippen molar-refractivity contribution in [2.75, 3.05) is 13.2 Å². The second-order valence-electron chi connectivity index (χ2n) is 8.19. The van der Waals surface area contributed by atoms with E-state index in [1.807, 2.05) is 0 Å². The summed E-state index contributed by atoms with van der Waals surface area (Å²) in [6, 6.07) is 23.9. The summed E-state index contributed by atoms with van der Waals surface area (Å²) in [6.07, 6.45) is 0. The van der Waals surface area contributed by atoms with Crippen LogP contribution in [0.5, 0.6) is 5.75 Å². The van der Waals surface area contributed by atoms with Crippen molar-refractivity contribution in [3.05, 3.63) is 89.0 Å². The Bertz CT molecular complexity index is 921. The fourth-order valence-corrected chi connectivity index (χ4v) is 4.11. The van der Waals surface area contributed by atoms with Crippen molar-refractivity contribution in [2.45, 2.75) is 32.1 Å². The highest BCUT2D eigenvalue weighted by Crippen LogP contribution is 2.48. The molecule has 2 nitrogen and oxygen atoms in total. The first-order valence-corrected chi connectivity index (χ1v) is 9.57. The van der Waals surface area contributed by atoms with Crippen LogP contribution in [0.4, 0.5) is 0 Å². The fourth-order valence-electron chi connectivity index (χ4n) is 4.11. The van der Waals surface area contributed by atoms with Crippen molar-refractivity contribution < 1.29 is 9.84 Å². The van der Waals surface area contributed by atoms with E-state index in [4.69, 9.17) is 9.84 Å². The van der Waals surface area contributed by atoms with Gasteiger partial charge in [-0.05, 0) is 44.9 Å². The second kappa shape index (κ2) is 6.86. The molecule has 0 fully saturated rings. The number of rotatable bonds is 4. The van der Waals surface area contributed by atoms with Crippen molar-refractivity contribution in [1.29, 1.82) is 0 Å². The van der Waals surface area contributed by atoms with Gasteiger partial charge in [0.25, 0.3) is 0 Å².